The van der Waals surface area contributed by atoms with Gasteiger partial charge >= 0.3 is 0 Å². The second-order valence-corrected chi connectivity index (χ2v) is 12.4. The van der Waals surface area contributed by atoms with Crippen molar-refractivity contribution in [2.45, 2.75) is 57.1 Å². The molecule has 2 aromatic heterocycles. The fraction of sp³-hybridized carbons (Fsp3) is 0.500. The molecule has 2 aliphatic heterocycles. The Hall–Kier alpha value is -3.05. The van der Waals surface area contributed by atoms with Crippen molar-refractivity contribution in [3.63, 3.8) is 0 Å². The van der Waals surface area contributed by atoms with E-state index < -0.39 is 27.7 Å². The van der Waals surface area contributed by atoms with Crippen molar-refractivity contribution >= 4 is 27.2 Å². The van der Waals surface area contributed by atoms with Crippen molar-refractivity contribution < 1.29 is 22.7 Å². The molecular formula is C26H32FN5O4S. The first-order chi connectivity index (χ1) is 17.6. The van der Waals surface area contributed by atoms with E-state index in [0.717, 1.165) is 42.9 Å². The van der Waals surface area contributed by atoms with Gasteiger partial charge in [-0.05, 0) is 44.4 Å². The van der Waals surface area contributed by atoms with E-state index in [0.29, 0.717) is 30.9 Å². The molecule has 0 aliphatic carbocycles. The fourth-order valence-electron chi connectivity index (χ4n) is 5.29. The number of β-amino-alcohol motifs (C(OH)–C–C–N with tert-alkyl or cyclic N) is 1. The third kappa shape index (κ3) is 4.70. The minimum Gasteiger partial charge on any atom is -0.391 e. The quantitative estimate of drug-likeness (QED) is 0.506. The second-order valence-electron chi connectivity index (χ2n) is 10.1. The lowest BCUT2D eigenvalue weighted by atomic mass is 9.98. The SMILES string of the molecule is CCS(=O)(=O)c1ccc(F)c(C(=O)N2CCCCC2c2cc3nc(N4CC(C)C(O)C4)c(C)cn3n2)c1. The average molecular weight is 530 g/mol. The topological polar surface area (TPSA) is 108 Å². The maximum Gasteiger partial charge on any atom is 0.257 e. The van der Waals surface area contributed by atoms with Crippen LogP contribution in [0.4, 0.5) is 10.2 Å². The number of nitrogens with zero attached hydrogens (tertiary/aromatic N) is 5. The predicted molar refractivity (Wildman–Crippen MR) is 137 cm³/mol. The lowest BCUT2D eigenvalue weighted by Gasteiger charge is -2.35. The molecule has 2 fully saturated rings. The lowest BCUT2D eigenvalue weighted by molar-refractivity contribution is 0.0600. The van der Waals surface area contributed by atoms with Crippen molar-refractivity contribution in [2.75, 3.05) is 30.3 Å². The van der Waals surface area contributed by atoms with E-state index >= 15 is 0 Å². The molecule has 11 heteroatoms. The first kappa shape index (κ1) is 25.6. The predicted octanol–water partition coefficient (Wildman–Crippen LogP) is 3.15. The summed E-state index contributed by atoms with van der Waals surface area (Å²) in [5.74, 6) is -0.467. The minimum atomic E-state index is -3.59. The number of piperidine rings is 1. The monoisotopic (exact) mass is 529 g/mol. The number of hydrogen-bond acceptors (Lipinski definition) is 7. The molecule has 0 saturated carbocycles. The molecule has 3 atom stereocenters. The zero-order chi connectivity index (χ0) is 26.5. The van der Waals surface area contributed by atoms with Crippen molar-refractivity contribution in [3.8, 4) is 0 Å². The fourth-order valence-corrected chi connectivity index (χ4v) is 6.20. The van der Waals surface area contributed by atoms with Gasteiger partial charge in [-0.15, -0.1) is 0 Å². The first-order valence-corrected chi connectivity index (χ1v) is 14.4. The van der Waals surface area contributed by atoms with Crippen LogP contribution in [-0.4, -0.2) is 70.4 Å². The minimum absolute atomic E-state index is 0.0606. The number of carbonyl (C=O) groups is 1. The highest BCUT2D eigenvalue weighted by molar-refractivity contribution is 7.91. The Labute approximate surface area is 215 Å². The third-order valence-electron chi connectivity index (χ3n) is 7.51. The molecule has 0 spiro atoms. The summed E-state index contributed by atoms with van der Waals surface area (Å²) in [6.07, 6.45) is 3.80. The highest BCUT2D eigenvalue weighted by atomic mass is 32.2. The van der Waals surface area contributed by atoms with Gasteiger partial charge < -0.3 is 14.9 Å². The molecule has 9 nitrogen and oxygen atoms in total. The number of rotatable bonds is 5. The number of aliphatic hydroxyl groups is 1. The van der Waals surface area contributed by atoms with Crippen LogP contribution in [0.15, 0.2) is 35.4 Å². The number of sulfone groups is 1. The molecular weight excluding hydrogens is 497 g/mol. The number of fused-ring (bicyclic) bond motifs is 1. The molecule has 1 aromatic carbocycles. The third-order valence-corrected chi connectivity index (χ3v) is 9.24. The van der Waals surface area contributed by atoms with Gasteiger partial charge in [0.1, 0.15) is 11.6 Å². The van der Waals surface area contributed by atoms with Gasteiger partial charge in [0.15, 0.2) is 15.5 Å². The number of carbonyl (C=O) groups excluding carboxylic acids is 1. The average Bonchev–Trinajstić information content (AvgIpc) is 3.45. The standard InChI is InChI=1S/C26H32FN5O4S/c1-4-37(35,36)18-8-9-20(27)19(11-18)26(34)31-10-6-5-7-22(31)21-12-24-28-25(17(3)14-32(24)29-21)30-13-16(2)23(33)15-30/h8-9,11-12,14,16,22-23,33H,4-7,10,13,15H2,1-3H3. The summed E-state index contributed by atoms with van der Waals surface area (Å²) in [6.45, 7) is 7.14. The molecule has 2 aliphatic rings. The van der Waals surface area contributed by atoms with Gasteiger partial charge in [-0.2, -0.15) is 5.10 Å². The van der Waals surface area contributed by atoms with Crippen LogP contribution in [0.3, 0.4) is 0 Å². The molecule has 1 N–H and O–H groups in total. The Morgan fingerprint density at radius 1 is 1.22 bits per heavy atom. The summed E-state index contributed by atoms with van der Waals surface area (Å²) in [6, 6.07) is 4.86. The summed E-state index contributed by atoms with van der Waals surface area (Å²) in [4.78, 5) is 22.0. The van der Waals surface area contributed by atoms with Crippen LogP contribution in [0.2, 0.25) is 0 Å². The Morgan fingerprint density at radius 3 is 2.70 bits per heavy atom. The Balaban J connectivity index is 1.48. The van der Waals surface area contributed by atoms with Crippen molar-refractivity contribution in [1.82, 2.24) is 19.5 Å². The van der Waals surface area contributed by atoms with Crippen LogP contribution < -0.4 is 4.90 Å². The molecule has 3 unspecified atom stereocenters. The molecule has 3 aromatic rings. The number of aromatic nitrogens is 3. The van der Waals surface area contributed by atoms with E-state index in [-0.39, 0.29) is 28.2 Å². The molecule has 0 radical (unpaired) electrons. The maximum absolute atomic E-state index is 14.8. The molecule has 198 valence electrons. The zero-order valence-corrected chi connectivity index (χ0v) is 22.1. The normalized spacial score (nSPS) is 22.7. The summed E-state index contributed by atoms with van der Waals surface area (Å²) in [5.41, 5.74) is 1.97. The molecule has 37 heavy (non-hydrogen) atoms. The summed E-state index contributed by atoms with van der Waals surface area (Å²) >= 11 is 0. The van der Waals surface area contributed by atoms with Crippen molar-refractivity contribution in [3.05, 3.63) is 53.1 Å². The van der Waals surface area contributed by atoms with Gasteiger partial charge in [-0.3, -0.25) is 4.79 Å². The highest BCUT2D eigenvalue weighted by Crippen LogP contribution is 2.33. The smallest absolute Gasteiger partial charge is 0.257 e. The van der Waals surface area contributed by atoms with Crippen LogP contribution in [0.25, 0.3) is 5.65 Å². The van der Waals surface area contributed by atoms with Crippen LogP contribution in [0.5, 0.6) is 0 Å². The van der Waals surface area contributed by atoms with Crippen LogP contribution >= 0.6 is 0 Å². The number of amides is 1. The number of benzene rings is 1. The van der Waals surface area contributed by atoms with Gasteiger partial charge in [0.05, 0.1) is 34.1 Å². The number of likely N-dealkylation sites (tertiary alicyclic amines) is 1. The Morgan fingerprint density at radius 2 is 2.00 bits per heavy atom. The molecule has 2 saturated heterocycles. The highest BCUT2D eigenvalue weighted by Gasteiger charge is 2.33. The number of anilines is 1. The Kier molecular flexibility index (Phi) is 6.70. The molecule has 5 rings (SSSR count). The van der Waals surface area contributed by atoms with Gasteiger partial charge in [-0.25, -0.2) is 22.3 Å². The number of aliphatic hydroxyl groups excluding tert-OH is 1. The maximum atomic E-state index is 14.8. The van der Waals surface area contributed by atoms with Gasteiger partial charge in [0.25, 0.3) is 5.91 Å². The van der Waals surface area contributed by atoms with Crippen molar-refractivity contribution in [2.24, 2.45) is 5.92 Å². The van der Waals surface area contributed by atoms with E-state index in [9.17, 15) is 22.7 Å². The first-order valence-electron chi connectivity index (χ1n) is 12.7. The van der Waals surface area contributed by atoms with Crippen LogP contribution in [0, 0.1) is 18.7 Å². The Bertz CT molecular complexity index is 1450. The number of hydrogen-bond donors (Lipinski definition) is 1. The van der Waals surface area contributed by atoms with Gasteiger partial charge in [-0.1, -0.05) is 13.8 Å². The van der Waals surface area contributed by atoms with E-state index in [1.165, 1.54) is 13.0 Å². The zero-order valence-electron chi connectivity index (χ0n) is 21.3. The number of aryl methyl sites for hydroxylation is 1. The van der Waals surface area contributed by atoms with Crippen LogP contribution in [-0.2, 0) is 9.84 Å². The van der Waals surface area contributed by atoms with Crippen LogP contribution in [0.1, 0.15) is 60.8 Å². The summed E-state index contributed by atoms with van der Waals surface area (Å²) < 4.78 is 41.2. The van der Waals surface area contributed by atoms with Gasteiger partial charge in [0, 0.05) is 43.4 Å². The van der Waals surface area contributed by atoms with Gasteiger partial charge in [0.2, 0.25) is 0 Å². The second kappa shape index (κ2) is 9.68. The van der Waals surface area contributed by atoms with Crippen molar-refractivity contribution in [1.29, 1.82) is 0 Å². The van der Waals surface area contributed by atoms with E-state index in [1.54, 1.807) is 9.42 Å². The van der Waals surface area contributed by atoms with E-state index in [1.807, 2.05) is 26.1 Å². The van der Waals surface area contributed by atoms with E-state index in [2.05, 4.69) is 4.90 Å². The molecule has 1 amide bonds. The summed E-state index contributed by atoms with van der Waals surface area (Å²) in [5, 5.41) is 14.9. The largest absolute Gasteiger partial charge is 0.391 e. The number of halogens is 1. The molecule has 0 bridgehead atoms. The lowest BCUT2D eigenvalue weighted by Crippen LogP contribution is -2.39. The molecule has 4 heterocycles. The summed E-state index contributed by atoms with van der Waals surface area (Å²) in [7, 11) is -3.59. The van der Waals surface area contributed by atoms with E-state index in [4.69, 9.17) is 10.1 Å².